The van der Waals surface area contributed by atoms with Gasteiger partial charge in [0, 0.05) is 18.4 Å². The maximum atomic E-state index is 4.52. The van der Waals surface area contributed by atoms with Gasteiger partial charge in [0.15, 0.2) is 5.65 Å². The van der Waals surface area contributed by atoms with Crippen LogP contribution in [0.25, 0.3) is 11.2 Å². The van der Waals surface area contributed by atoms with Crippen molar-refractivity contribution in [2.75, 3.05) is 6.54 Å². The van der Waals surface area contributed by atoms with Crippen molar-refractivity contribution < 1.29 is 0 Å². The van der Waals surface area contributed by atoms with E-state index in [2.05, 4.69) is 20.3 Å². The van der Waals surface area contributed by atoms with Gasteiger partial charge >= 0.3 is 0 Å². The number of hydrogen-bond acceptors (Lipinski definition) is 4. The minimum Gasteiger partial charge on any atom is -0.309 e. The molecule has 0 saturated carbocycles. The van der Waals surface area contributed by atoms with E-state index in [0.29, 0.717) is 6.04 Å². The summed E-state index contributed by atoms with van der Waals surface area (Å²) in [6.07, 6.45) is 5.77. The summed E-state index contributed by atoms with van der Waals surface area (Å²) >= 11 is 0. The highest BCUT2D eigenvalue weighted by molar-refractivity contribution is 5.68. The number of aromatic nitrogens is 3. The van der Waals surface area contributed by atoms with Gasteiger partial charge in [-0.25, -0.2) is 9.97 Å². The van der Waals surface area contributed by atoms with Gasteiger partial charge in [-0.1, -0.05) is 0 Å². The molecule has 0 radical (unpaired) electrons. The lowest BCUT2D eigenvalue weighted by Crippen LogP contribution is -2.14. The molecule has 1 saturated heterocycles. The van der Waals surface area contributed by atoms with Gasteiger partial charge in [-0.2, -0.15) is 0 Å². The third kappa shape index (κ3) is 1.57. The van der Waals surface area contributed by atoms with E-state index in [0.717, 1.165) is 23.4 Å². The molecule has 0 bridgehead atoms. The van der Waals surface area contributed by atoms with E-state index >= 15 is 0 Å². The zero-order valence-corrected chi connectivity index (χ0v) is 8.35. The third-order valence-corrected chi connectivity index (χ3v) is 2.77. The molecule has 15 heavy (non-hydrogen) atoms. The molecular weight excluding hydrogens is 188 g/mol. The Morgan fingerprint density at radius 1 is 1.20 bits per heavy atom. The number of nitrogens with zero attached hydrogens (tertiary/aromatic N) is 3. The highest BCUT2D eigenvalue weighted by Crippen LogP contribution is 2.22. The molecule has 0 aromatic carbocycles. The predicted octanol–water partition coefficient (Wildman–Crippen LogP) is 1.45. The van der Waals surface area contributed by atoms with Crippen molar-refractivity contribution in [2.24, 2.45) is 0 Å². The zero-order chi connectivity index (χ0) is 10.1. The molecular formula is C11H12N4. The van der Waals surface area contributed by atoms with Crippen molar-refractivity contribution in [1.82, 2.24) is 20.3 Å². The van der Waals surface area contributed by atoms with Crippen LogP contribution in [-0.4, -0.2) is 21.5 Å². The summed E-state index contributed by atoms with van der Waals surface area (Å²) in [6, 6.07) is 4.43. The molecule has 1 aliphatic heterocycles. The van der Waals surface area contributed by atoms with Crippen LogP contribution in [0.1, 0.15) is 24.6 Å². The average Bonchev–Trinajstić information content (AvgIpc) is 2.82. The van der Waals surface area contributed by atoms with Crippen LogP contribution in [-0.2, 0) is 0 Å². The maximum absolute atomic E-state index is 4.52. The molecule has 3 rings (SSSR count). The lowest BCUT2D eigenvalue weighted by Gasteiger charge is -2.09. The van der Waals surface area contributed by atoms with Crippen LogP contribution in [0.4, 0.5) is 0 Å². The molecule has 4 nitrogen and oxygen atoms in total. The van der Waals surface area contributed by atoms with E-state index in [4.69, 9.17) is 0 Å². The molecule has 0 amide bonds. The van der Waals surface area contributed by atoms with Crippen molar-refractivity contribution in [3.63, 3.8) is 0 Å². The lowest BCUT2D eigenvalue weighted by molar-refractivity contribution is 0.630. The molecule has 1 N–H and O–H groups in total. The summed E-state index contributed by atoms with van der Waals surface area (Å²) in [4.78, 5) is 12.9. The van der Waals surface area contributed by atoms with E-state index in [9.17, 15) is 0 Å². The van der Waals surface area contributed by atoms with Crippen LogP contribution in [0.5, 0.6) is 0 Å². The molecule has 0 aliphatic carbocycles. The maximum Gasteiger partial charge on any atom is 0.178 e. The second-order valence-corrected chi connectivity index (χ2v) is 3.78. The monoisotopic (exact) mass is 200 g/mol. The highest BCUT2D eigenvalue weighted by atomic mass is 15.0. The van der Waals surface area contributed by atoms with Crippen molar-refractivity contribution in [3.8, 4) is 0 Å². The Labute approximate surface area is 87.8 Å². The Morgan fingerprint density at radius 3 is 3.00 bits per heavy atom. The number of fused-ring (bicyclic) bond motifs is 1. The predicted molar refractivity (Wildman–Crippen MR) is 57.3 cm³/mol. The first-order chi connectivity index (χ1) is 7.43. The van der Waals surface area contributed by atoms with E-state index in [1.807, 2.05) is 12.1 Å². The van der Waals surface area contributed by atoms with E-state index in [1.54, 1.807) is 12.4 Å². The SMILES string of the molecule is c1cnc2nc(C3CCCN3)ccc2n1. The van der Waals surface area contributed by atoms with Crippen molar-refractivity contribution in [3.05, 3.63) is 30.2 Å². The van der Waals surface area contributed by atoms with Gasteiger partial charge in [-0.05, 0) is 31.5 Å². The quantitative estimate of drug-likeness (QED) is 0.757. The fraction of sp³-hybridized carbons (Fsp3) is 0.364. The molecule has 1 fully saturated rings. The zero-order valence-electron chi connectivity index (χ0n) is 8.35. The number of pyridine rings is 1. The van der Waals surface area contributed by atoms with Gasteiger partial charge < -0.3 is 5.32 Å². The Balaban J connectivity index is 2.05. The van der Waals surface area contributed by atoms with Crippen LogP contribution in [0.2, 0.25) is 0 Å². The van der Waals surface area contributed by atoms with Gasteiger partial charge in [0.05, 0.1) is 5.69 Å². The molecule has 1 aliphatic rings. The first-order valence-corrected chi connectivity index (χ1v) is 5.24. The molecule has 1 unspecified atom stereocenters. The summed E-state index contributed by atoms with van der Waals surface area (Å²) < 4.78 is 0. The second kappa shape index (κ2) is 3.55. The lowest BCUT2D eigenvalue weighted by atomic mass is 10.1. The second-order valence-electron chi connectivity index (χ2n) is 3.78. The summed E-state index contributed by atoms with van der Waals surface area (Å²) in [7, 11) is 0. The van der Waals surface area contributed by atoms with Crippen molar-refractivity contribution >= 4 is 11.2 Å². The largest absolute Gasteiger partial charge is 0.309 e. The van der Waals surface area contributed by atoms with Gasteiger partial charge in [0.25, 0.3) is 0 Å². The number of nitrogens with one attached hydrogen (secondary N) is 1. The topological polar surface area (TPSA) is 50.7 Å². The van der Waals surface area contributed by atoms with Crippen LogP contribution in [0.3, 0.4) is 0 Å². The Bertz CT molecular complexity index is 477. The Morgan fingerprint density at radius 2 is 2.13 bits per heavy atom. The first kappa shape index (κ1) is 8.73. The minimum absolute atomic E-state index is 0.399. The van der Waals surface area contributed by atoms with Gasteiger partial charge in [0.1, 0.15) is 5.52 Å². The molecule has 76 valence electrons. The van der Waals surface area contributed by atoms with Crippen LogP contribution in [0, 0.1) is 0 Å². The minimum atomic E-state index is 0.399. The molecule has 1 atom stereocenters. The van der Waals surface area contributed by atoms with Crippen molar-refractivity contribution in [1.29, 1.82) is 0 Å². The fourth-order valence-corrected chi connectivity index (χ4v) is 2.00. The summed E-state index contributed by atoms with van der Waals surface area (Å²) in [6.45, 7) is 1.09. The molecule has 0 spiro atoms. The number of hydrogen-bond donors (Lipinski definition) is 1. The number of rotatable bonds is 1. The van der Waals surface area contributed by atoms with Crippen LogP contribution in [0.15, 0.2) is 24.5 Å². The summed E-state index contributed by atoms with van der Waals surface area (Å²) in [5, 5.41) is 3.43. The normalized spacial score (nSPS) is 20.9. The molecule has 2 aromatic heterocycles. The smallest absolute Gasteiger partial charge is 0.178 e. The molecule has 3 heterocycles. The molecule has 2 aromatic rings. The first-order valence-electron chi connectivity index (χ1n) is 5.24. The van der Waals surface area contributed by atoms with Crippen LogP contribution >= 0.6 is 0 Å². The van der Waals surface area contributed by atoms with E-state index in [1.165, 1.54) is 12.8 Å². The van der Waals surface area contributed by atoms with Crippen molar-refractivity contribution in [2.45, 2.75) is 18.9 Å². The highest BCUT2D eigenvalue weighted by Gasteiger charge is 2.17. The van der Waals surface area contributed by atoms with Crippen LogP contribution < -0.4 is 5.32 Å². The fourth-order valence-electron chi connectivity index (χ4n) is 2.00. The van der Waals surface area contributed by atoms with E-state index in [-0.39, 0.29) is 0 Å². The van der Waals surface area contributed by atoms with Gasteiger partial charge in [0.2, 0.25) is 0 Å². The van der Waals surface area contributed by atoms with E-state index < -0.39 is 0 Å². The standard InChI is InChI=1S/C11H12N4/c1-2-8(12-5-1)9-3-4-10-11(15-9)14-7-6-13-10/h3-4,6-8,12H,1-2,5H2. The average molecular weight is 200 g/mol. The van der Waals surface area contributed by atoms with Gasteiger partial charge in [-0.3, -0.25) is 4.98 Å². The Kier molecular flexibility index (Phi) is 2.07. The molecule has 4 heteroatoms. The third-order valence-electron chi connectivity index (χ3n) is 2.77. The summed E-state index contributed by atoms with van der Waals surface area (Å²) in [5.41, 5.74) is 2.68. The van der Waals surface area contributed by atoms with Gasteiger partial charge in [-0.15, -0.1) is 0 Å². The summed E-state index contributed by atoms with van der Waals surface area (Å²) in [5.74, 6) is 0. The Hall–Kier alpha value is -1.55.